The highest BCUT2D eigenvalue weighted by Gasteiger charge is 2.25. The van der Waals surface area contributed by atoms with E-state index in [1.807, 2.05) is 55.1 Å². The van der Waals surface area contributed by atoms with Crippen LogP contribution in [-0.2, 0) is 0 Å². The molecule has 0 radical (unpaired) electrons. The zero-order valence-electron chi connectivity index (χ0n) is 14.2. The quantitative estimate of drug-likeness (QED) is 0.833. The van der Waals surface area contributed by atoms with E-state index in [4.69, 9.17) is 5.26 Å². The van der Waals surface area contributed by atoms with Crippen molar-refractivity contribution in [3.63, 3.8) is 0 Å². The molecule has 3 heteroatoms. The molecule has 0 atom stereocenters. The van der Waals surface area contributed by atoms with Gasteiger partial charge in [-0.3, -0.25) is 4.79 Å². The van der Waals surface area contributed by atoms with Crippen LogP contribution in [0.25, 0.3) is 0 Å². The van der Waals surface area contributed by atoms with Gasteiger partial charge < -0.3 is 4.90 Å². The Labute approximate surface area is 143 Å². The Bertz CT molecular complexity index is 778. The van der Waals surface area contributed by atoms with Gasteiger partial charge in [-0.15, -0.1) is 0 Å². The Balaban J connectivity index is 1.66. The first-order valence-corrected chi connectivity index (χ1v) is 8.45. The fourth-order valence-corrected chi connectivity index (χ4v) is 3.47. The van der Waals surface area contributed by atoms with Gasteiger partial charge in [0.05, 0.1) is 11.6 Å². The third-order valence-corrected chi connectivity index (χ3v) is 4.91. The van der Waals surface area contributed by atoms with Crippen molar-refractivity contribution in [1.29, 1.82) is 5.26 Å². The van der Waals surface area contributed by atoms with E-state index in [1.165, 1.54) is 11.1 Å². The van der Waals surface area contributed by atoms with Crippen molar-refractivity contribution in [2.45, 2.75) is 32.6 Å². The maximum Gasteiger partial charge on any atom is 0.254 e. The first-order valence-electron chi connectivity index (χ1n) is 8.45. The molecular weight excluding hydrogens is 296 g/mol. The van der Waals surface area contributed by atoms with Crippen molar-refractivity contribution in [3.8, 4) is 6.07 Å². The normalized spacial score (nSPS) is 15.1. The van der Waals surface area contributed by atoms with Crippen LogP contribution in [-0.4, -0.2) is 23.9 Å². The van der Waals surface area contributed by atoms with Crippen molar-refractivity contribution < 1.29 is 4.79 Å². The Morgan fingerprint density at radius 3 is 2.33 bits per heavy atom. The van der Waals surface area contributed by atoms with Gasteiger partial charge >= 0.3 is 0 Å². The third-order valence-electron chi connectivity index (χ3n) is 4.91. The molecular formula is C21H22N2O. The SMILES string of the molecule is Cc1ccc(C(=O)N2CCC(c3ccc(C#N)cc3)CC2)c(C)c1. The average molecular weight is 318 g/mol. The zero-order chi connectivity index (χ0) is 17.1. The lowest BCUT2D eigenvalue weighted by molar-refractivity contribution is 0.0712. The highest BCUT2D eigenvalue weighted by Crippen LogP contribution is 2.29. The lowest BCUT2D eigenvalue weighted by Gasteiger charge is -2.32. The predicted octanol–water partition coefficient (Wildman–Crippen LogP) is 4.19. The molecule has 0 bridgehead atoms. The fourth-order valence-electron chi connectivity index (χ4n) is 3.47. The van der Waals surface area contributed by atoms with E-state index in [0.29, 0.717) is 11.5 Å². The summed E-state index contributed by atoms with van der Waals surface area (Å²) < 4.78 is 0. The second-order valence-electron chi connectivity index (χ2n) is 6.62. The van der Waals surface area contributed by atoms with Crippen LogP contribution in [0.5, 0.6) is 0 Å². The Hall–Kier alpha value is -2.60. The van der Waals surface area contributed by atoms with Crippen LogP contribution in [0.4, 0.5) is 0 Å². The van der Waals surface area contributed by atoms with Crippen LogP contribution >= 0.6 is 0 Å². The summed E-state index contributed by atoms with van der Waals surface area (Å²) in [5, 5.41) is 8.89. The molecule has 1 fully saturated rings. The number of nitriles is 1. The predicted molar refractivity (Wildman–Crippen MR) is 95.0 cm³/mol. The summed E-state index contributed by atoms with van der Waals surface area (Å²) in [6, 6.07) is 16.0. The van der Waals surface area contributed by atoms with E-state index in [-0.39, 0.29) is 5.91 Å². The van der Waals surface area contributed by atoms with Gasteiger partial charge in [0.15, 0.2) is 0 Å². The van der Waals surface area contributed by atoms with Crippen molar-refractivity contribution in [2.24, 2.45) is 0 Å². The van der Waals surface area contributed by atoms with Crippen LogP contribution in [0.15, 0.2) is 42.5 Å². The first kappa shape index (κ1) is 16.3. The van der Waals surface area contributed by atoms with Crippen LogP contribution in [0.3, 0.4) is 0 Å². The number of nitrogens with zero attached hydrogens (tertiary/aromatic N) is 2. The number of piperidine rings is 1. The number of rotatable bonds is 2. The van der Waals surface area contributed by atoms with E-state index >= 15 is 0 Å². The average Bonchev–Trinajstić information content (AvgIpc) is 2.61. The van der Waals surface area contributed by atoms with Gasteiger partial charge in [0.2, 0.25) is 0 Å². The molecule has 2 aromatic rings. The van der Waals surface area contributed by atoms with E-state index < -0.39 is 0 Å². The molecule has 122 valence electrons. The van der Waals surface area contributed by atoms with E-state index in [1.54, 1.807) is 0 Å². The van der Waals surface area contributed by atoms with Crippen molar-refractivity contribution in [2.75, 3.05) is 13.1 Å². The van der Waals surface area contributed by atoms with Crippen molar-refractivity contribution in [3.05, 3.63) is 70.3 Å². The second-order valence-corrected chi connectivity index (χ2v) is 6.62. The zero-order valence-corrected chi connectivity index (χ0v) is 14.2. The molecule has 24 heavy (non-hydrogen) atoms. The van der Waals surface area contributed by atoms with Gasteiger partial charge in [-0.25, -0.2) is 0 Å². The van der Waals surface area contributed by atoms with Crippen molar-refractivity contribution >= 4 is 5.91 Å². The number of likely N-dealkylation sites (tertiary alicyclic amines) is 1. The molecule has 1 aliphatic rings. The Morgan fingerprint density at radius 2 is 1.75 bits per heavy atom. The van der Waals surface area contributed by atoms with Gasteiger partial charge in [-0.1, -0.05) is 29.8 Å². The molecule has 0 saturated carbocycles. The molecule has 1 amide bonds. The largest absolute Gasteiger partial charge is 0.339 e. The minimum absolute atomic E-state index is 0.144. The summed E-state index contributed by atoms with van der Waals surface area (Å²) in [5.74, 6) is 0.617. The molecule has 1 saturated heterocycles. The van der Waals surface area contributed by atoms with Crippen molar-refractivity contribution in [1.82, 2.24) is 4.90 Å². The molecule has 0 aromatic heterocycles. The number of benzene rings is 2. The highest BCUT2D eigenvalue weighted by atomic mass is 16.2. The van der Waals surface area contributed by atoms with E-state index in [2.05, 4.69) is 12.1 Å². The molecule has 3 rings (SSSR count). The summed E-state index contributed by atoms with van der Waals surface area (Å²) in [6.07, 6.45) is 1.95. The molecule has 3 nitrogen and oxygen atoms in total. The molecule has 0 spiro atoms. The summed E-state index contributed by atoms with van der Waals surface area (Å²) in [6.45, 7) is 5.63. The second kappa shape index (κ2) is 6.88. The number of hydrogen-bond acceptors (Lipinski definition) is 2. The Morgan fingerprint density at radius 1 is 1.08 bits per heavy atom. The van der Waals surface area contributed by atoms with Gasteiger partial charge in [-0.2, -0.15) is 5.26 Å². The topological polar surface area (TPSA) is 44.1 Å². The van der Waals surface area contributed by atoms with Gasteiger partial charge in [0, 0.05) is 18.7 Å². The molecule has 0 N–H and O–H groups in total. The number of amides is 1. The fraction of sp³-hybridized carbons (Fsp3) is 0.333. The first-order chi connectivity index (χ1) is 11.6. The number of hydrogen-bond donors (Lipinski definition) is 0. The summed E-state index contributed by atoms with van der Waals surface area (Å²) in [7, 11) is 0. The third kappa shape index (κ3) is 3.33. The minimum Gasteiger partial charge on any atom is -0.339 e. The Kier molecular flexibility index (Phi) is 4.66. The molecule has 2 aromatic carbocycles. The highest BCUT2D eigenvalue weighted by molar-refractivity contribution is 5.95. The van der Waals surface area contributed by atoms with E-state index in [9.17, 15) is 4.79 Å². The molecule has 1 heterocycles. The maximum atomic E-state index is 12.7. The maximum absolute atomic E-state index is 12.7. The number of aryl methyl sites for hydroxylation is 2. The summed E-state index contributed by atoms with van der Waals surface area (Å²) in [5.41, 5.74) is 5.02. The number of carbonyl (C=O) groups is 1. The molecule has 0 aliphatic carbocycles. The summed E-state index contributed by atoms with van der Waals surface area (Å²) >= 11 is 0. The summed E-state index contributed by atoms with van der Waals surface area (Å²) in [4.78, 5) is 14.7. The van der Waals surface area contributed by atoms with Gasteiger partial charge in [0.25, 0.3) is 5.91 Å². The van der Waals surface area contributed by atoms with Crippen LogP contribution < -0.4 is 0 Å². The smallest absolute Gasteiger partial charge is 0.254 e. The lowest BCUT2D eigenvalue weighted by atomic mass is 9.88. The standard InChI is InChI=1S/C21H22N2O/c1-15-3-8-20(16(2)13-15)21(24)23-11-9-19(10-12-23)18-6-4-17(14-22)5-7-18/h3-8,13,19H,9-12H2,1-2H3. The van der Waals surface area contributed by atoms with Gasteiger partial charge in [0.1, 0.15) is 0 Å². The van der Waals surface area contributed by atoms with Crippen LogP contribution in [0.2, 0.25) is 0 Å². The van der Waals surface area contributed by atoms with Crippen LogP contribution in [0, 0.1) is 25.2 Å². The van der Waals surface area contributed by atoms with E-state index in [0.717, 1.165) is 37.1 Å². The van der Waals surface area contributed by atoms with Gasteiger partial charge in [-0.05, 0) is 61.9 Å². The van der Waals surface area contributed by atoms with Crippen LogP contribution in [0.1, 0.15) is 51.4 Å². The monoisotopic (exact) mass is 318 g/mol. The molecule has 0 unspecified atom stereocenters. The minimum atomic E-state index is 0.144. The lowest BCUT2D eigenvalue weighted by Crippen LogP contribution is -2.38. The number of carbonyl (C=O) groups excluding carboxylic acids is 1. The molecule has 1 aliphatic heterocycles.